The molecular weight excluding hydrogens is 432 g/mol. The van der Waals surface area contributed by atoms with Crippen LogP contribution in [0, 0.1) is 11.6 Å². The van der Waals surface area contributed by atoms with Crippen molar-refractivity contribution in [1.29, 1.82) is 0 Å². The van der Waals surface area contributed by atoms with Gasteiger partial charge in [0.05, 0.1) is 16.6 Å². The smallest absolute Gasteiger partial charge is 0.262 e. The largest absolute Gasteiger partial charge is 0.344 e. The van der Waals surface area contributed by atoms with E-state index in [1.54, 1.807) is 12.1 Å². The van der Waals surface area contributed by atoms with Crippen LogP contribution in [0.4, 0.5) is 20.2 Å². The zero-order valence-electron chi connectivity index (χ0n) is 17.1. The molecular formula is C24H21F2N3O2S. The Kier molecular flexibility index (Phi) is 5.17. The van der Waals surface area contributed by atoms with Gasteiger partial charge < -0.3 is 5.32 Å². The van der Waals surface area contributed by atoms with Crippen molar-refractivity contribution in [3.63, 3.8) is 0 Å². The second-order valence-corrected chi connectivity index (χ2v) is 9.68. The molecule has 0 aromatic heterocycles. The lowest BCUT2D eigenvalue weighted by Crippen LogP contribution is -2.22. The lowest BCUT2D eigenvalue weighted by Gasteiger charge is -2.24. The highest BCUT2D eigenvalue weighted by atomic mass is 32.2. The van der Waals surface area contributed by atoms with E-state index in [0.29, 0.717) is 24.6 Å². The van der Waals surface area contributed by atoms with Gasteiger partial charge in [0.2, 0.25) is 0 Å². The Morgan fingerprint density at radius 1 is 0.938 bits per heavy atom. The van der Waals surface area contributed by atoms with Crippen LogP contribution in [0.5, 0.6) is 0 Å². The van der Waals surface area contributed by atoms with E-state index in [2.05, 4.69) is 22.2 Å². The molecule has 0 amide bonds. The third kappa shape index (κ3) is 3.98. The second kappa shape index (κ2) is 8.02. The van der Waals surface area contributed by atoms with Gasteiger partial charge in [-0.25, -0.2) is 17.2 Å². The molecule has 0 spiro atoms. The van der Waals surface area contributed by atoms with Crippen molar-refractivity contribution in [2.75, 3.05) is 10.0 Å². The number of rotatable bonds is 4. The molecule has 0 saturated heterocycles. The Labute approximate surface area is 185 Å². The Hall–Kier alpha value is -3.26. The first-order valence-electron chi connectivity index (χ1n) is 10.4. The fourth-order valence-corrected chi connectivity index (χ4v) is 5.51. The maximum Gasteiger partial charge on any atom is 0.262 e. The van der Waals surface area contributed by atoms with Crippen molar-refractivity contribution < 1.29 is 17.2 Å². The number of hydrogen-bond donors (Lipinski definition) is 2. The molecule has 32 heavy (non-hydrogen) atoms. The van der Waals surface area contributed by atoms with Crippen molar-refractivity contribution >= 4 is 27.2 Å². The van der Waals surface area contributed by atoms with Crippen LogP contribution in [0.3, 0.4) is 0 Å². The Morgan fingerprint density at radius 3 is 2.53 bits per heavy atom. The summed E-state index contributed by atoms with van der Waals surface area (Å²) in [6, 6.07) is 15.9. The summed E-state index contributed by atoms with van der Waals surface area (Å²) in [7, 11) is -4.15. The summed E-state index contributed by atoms with van der Waals surface area (Å²) < 4.78 is 54.9. The third-order valence-electron chi connectivity index (χ3n) is 5.87. The summed E-state index contributed by atoms with van der Waals surface area (Å²) >= 11 is 0. The minimum Gasteiger partial charge on any atom is -0.344 e. The van der Waals surface area contributed by atoms with Crippen LogP contribution in [0.2, 0.25) is 0 Å². The summed E-state index contributed by atoms with van der Waals surface area (Å²) in [6.45, 7) is 0. The van der Waals surface area contributed by atoms with Crippen LogP contribution < -0.4 is 10.0 Å². The molecule has 1 atom stereocenters. The lowest BCUT2D eigenvalue weighted by molar-refractivity contribution is 0.568. The van der Waals surface area contributed by atoms with Crippen LogP contribution >= 0.6 is 0 Å². The molecule has 5 rings (SSSR count). The molecule has 8 heteroatoms. The predicted molar refractivity (Wildman–Crippen MR) is 120 cm³/mol. The van der Waals surface area contributed by atoms with Crippen molar-refractivity contribution in [3.05, 3.63) is 89.0 Å². The molecule has 3 aromatic rings. The Morgan fingerprint density at radius 2 is 1.72 bits per heavy atom. The minimum absolute atomic E-state index is 0.125. The quantitative estimate of drug-likeness (QED) is 0.570. The van der Waals surface area contributed by atoms with Gasteiger partial charge in [0.25, 0.3) is 10.0 Å². The van der Waals surface area contributed by atoms with Crippen molar-refractivity contribution in [2.24, 2.45) is 4.99 Å². The number of fused-ring (bicyclic) bond motifs is 2. The molecule has 1 heterocycles. The van der Waals surface area contributed by atoms with E-state index in [-0.39, 0.29) is 6.04 Å². The summed E-state index contributed by atoms with van der Waals surface area (Å²) in [5.74, 6) is -1.03. The first-order chi connectivity index (χ1) is 15.4. The number of benzene rings is 3. The number of aryl methyl sites for hydroxylation is 1. The molecule has 0 fully saturated rings. The molecule has 5 nitrogen and oxygen atoms in total. The lowest BCUT2D eigenvalue weighted by atomic mass is 10.0. The number of nitrogens with one attached hydrogen (secondary N) is 2. The van der Waals surface area contributed by atoms with E-state index >= 15 is 0 Å². The van der Waals surface area contributed by atoms with Gasteiger partial charge in [0, 0.05) is 23.7 Å². The first kappa shape index (κ1) is 20.6. The van der Waals surface area contributed by atoms with Gasteiger partial charge in [0.15, 0.2) is 0 Å². The van der Waals surface area contributed by atoms with E-state index in [9.17, 15) is 17.2 Å². The summed E-state index contributed by atoms with van der Waals surface area (Å²) in [5.41, 5.74) is 4.54. The van der Waals surface area contributed by atoms with Crippen LogP contribution in [-0.4, -0.2) is 14.3 Å². The number of hydrogen-bond acceptors (Lipinski definition) is 3. The molecule has 2 aliphatic rings. The van der Waals surface area contributed by atoms with Crippen LogP contribution in [-0.2, 0) is 22.9 Å². The number of halogens is 2. The average molecular weight is 454 g/mol. The fraction of sp³-hybridized carbons (Fsp3) is 0.208. The Bertz CT molecular complexity index is 1320. The van der Waals surface area contributed by atoms with Gasteiger partial charge in [-0.15, -0.1) is 0 Å². The van der Waals surface area contributed by atoms with Gasteiger partial charge >= 0.3 is 0 Å². The standard InChI is InChI=1S/C24H21F2N3O2S/c25-16-12-17(26)14-18(13-16)32(30,31)29-23-7-3-6-21-20(23)9-11-24(27-21)28-22-10-8-15-4-1-2-5-19(15)22/h1-7,12-14,22,29H,8-11H2,(H,27,28)/t22-/m1/s1. The molecule has 2 N–H and O–H groups in total. The van der Waals surface area contributed by atoms with E-state index < -0.39 is 26.6 Å². The first-order valence-corrected chi connectivity index (χ1v) is 11.9. The SMILES string of the molecule is O=S(=O)(Nc1cccc2c1CCC(=N[C@@H]1CCc3ccccc31)N2)c1cc(F)cc(F)c1. The molecule has 0 radical (unpaired) electrons. The van der Waals surface area contributed by atoms with Gasteiger partial charge in [-0.1, -0.05) is 30.3 Å². The molecule has 1 aliphatic heterocycles. The van der Waals surface area contributed by atoms with Crippen LogP contribution in [0.15, 0.2) is 70.6 Å². The topological polar surface area (TPSA) is 70.6 Å². The van der Waals surface area contributed by atoms with Gasteiger partial charge in [0.1, 0.15) is 17.5 Å². The van der Waals surface area contributed by atoms with Gasteiger partial charge in [-0.05, 0) is 54.7 Å². The van der Waals surface area contributed by atoms with Crippen LogP contribution in [0.1, 0.15) is 35.6 Å². The maximum absolute atomic E-state index is 13.5. The number of amidine groups is 1. The molecule has 0 saturated carbocycles. The van der Waals surface area contributed by atoms with Gasteiger partial charge in [-0.3, -0.25) is 9.71 Å². The summed E-state index contributed by atoms with van der Waals surface area (Å²) in [6.07, 6.45) is 3.22. The number of anilines is 2. The Balaban J connectivity index is 1.39. The van der Waals surface area contributed by atoms with E-state index in [0.717, 1.165) is 42.1 Å². The average Bonchev–Trinajstić information content (AvgIpc) is 3.16. The van der Waals surface area contributed by atoms with E-state index in [1.807, 2.05) is 18.2 Å². The number of nitrogens with zero attached hydrogens (tertiary/aromatic N) is 1. The number of sulfonamides is 1. The van der Waals surface area contributed by atoms with Crippen LogP contribution in [0.25, 0.3) is 0 Å². The van der Waals surface area contributed by atoms with Crippen molar-refractivity contribution in [2.45, 2.75) is 36.6 Å². The van der Waals surface area contributed by atoms with Crippen molar-refractivity contribution in [3.8, 4) is 0 Å². The summed E-state index contributed by atoms with van der Waals surface area (Å²) in [5, 5.41) is 3.33. The van der Waals surface area contributed by atoms with E-state index in [1.165, 1.54) is 11.1 Å². The fourth-order valence-electron chi connectivity index (χ4n) is 4.37. The molecule has 3 aromatic carbocycles. The predicted octanol–water partition coefficient (Wildman–Crippen LogP) is 5.21. The zero-order valence-corrected chi connectivity index (χ0v) is 17.9. The third-order valence-corrected chi connectivity index (χ3v) is 7.22. The summed E-state index contributed by atoms with van der Waals surface area (Å²) in [4.78, 5) is 4.47. The highest BCUT2D eigenvalue weighted by Crippen LogP contribution is 2.36. The van der Waals surface area contributed by atoms with Gasteiger partial charge in [-0.2, -0.15) is 0 Å². The highest BCUT2D eigenvalue weighted by Gasteiger charge is 2.25. The highest BCUT2D eigenvalue weighted by molar-refractivity contribution is 7.92. The molecule has 0 unspecified atom stereocenters. The molecule has 1 aliphatic carbocycles. The monoisotopic (exact) mass is 453 g/mol. The number of aliphatic imine (C=N–C) groups is 1. The van der Waals surface area contributed by atoms with Crippen molar-refractivity contribution in [1.82, 2.24) is 0 Å². The zero-order chi connectivity index (χ0) is 22.3. The normalized spacial score (nSPS) is 18.7. The second-order valence-electron chi connectivity index (χ2n) is 8.00. The maximum atomic E-state index is 13.5. The van der Waals surface area contributed by atoms with E-state index in [4.69, 9.17) is 4.99 Å². The minimum atomic E-state index is -4.15. The molecule has 0 bridgehead atoms. The molecule has 164 valence electrons.